The fourth-order valence-corrected chi connectivity index (χ4v) is 2.68. The molecule has 31 heavy (non-hydrogen) atoms. The molecular weight excluding hydrogens is 413 g/mol. The summed E-state index contributed by atoms with van der Waals surface area (Å²) < 4.78 is 49.5. The number of alkyl halides is 3. The summed E-state index contributed by atoms with van der Waals surface area (Å²) in [5.74, 6) is 0.473. The Morgan fingerprint density at radius 1 is 1.03 bits per heavy atom. The zero-order chi connectivity index (χ0) is 23.7. The van der Waals surface area contributed by atoms with E-state index in [1.54, 1.807) is 54.5 Å². The fourth-order valence-electron chi connectivity index (χ4n) is 2.68. The highest BCUT2D eigenvalue weighted by atomic mass is 19.4. The minimum atomic E-state index is -4.42. The largest absolute Gasteiger partial charge is 0.444 e. The van der Waals surface area contributed by atoms with Gasteiger partial charge in [0.25, 0.3) is 0 Å². The van der Waals surface area contributed by atoms with Gasteiger partial charge in [0.2, 0.25) is 5.89 Å². The van der Waals surface area contributed by atoms with E-state index in [1.807, 2.05) is 0 Å². The molecule has 1 aromatic heterocycles. The predicted molar refractivity (Wildman–Crippen MR) is 108 cm³/mol. The molecule has 2 rings (SSSR count). The lowest BCUT2D eigenvalue weighted by Gasteiger charge is -2.27. The molecule has 0 aliphatic carbocycles. The number of benzene rings is 1. The summed E-state index contributed by atoms with van der Waals surface area (Å²) >= 11 is 0. The maximum Gasteiger partial charge on any atom is 0.416 e. The van der Waals surface area contributed by atoms with Crippen LogP contribution in [0.2, 0.25) is 0 Å². The van der Waals surface area contributed by atoms with Crippen molar-refractivity contribution in [1.29, 1.82) is 0 Å². The second kappa shape index (κ2) is 8.49. The number of nitrogens with zero attached hydrogens (tertiary/aromatic N) is 2. The van der Waals surface area contributed by atoms with Crippen LogP contribution in [0.15, 0.2) is 28.8 Å². The highest BCUT2D eigenvalue weighted by Gasteiger charge is 2.33. The molecular formula is C21H29F3N4O3. The van der Waals surface area contributed by atoms with E-state index < -0.39 is 34.5 Å². The summed E-state index contributed by atoms with van der Waals surface area (Å²) in [4.78, 5) is 16.3. The van der Waals surface area contributed by atoms with Gasteiger partial charge in [-0.3, -0.25) is 5.32 Å². The molecule has 0 unspecified atom stereocenters. The quantitative estimate of drug-likeness (QED) is 0.663. The van der Waals surface area contributed by atoms with Crippen LogP contribution in [0.3, 0.4) is 0 Å². The summed E-state index contributed by atoms with van der Waals surface area (Å²) in [7, 11) is 0. The fraction of sp³-hybridized carbons (Fsp3) is 0.571. The standard InChI is InChI=1S/C21H29F3N4O3/c1-18(2,3)30-17(29)27-20(6,7)16-26-15(31-28-16)12-25-19(4,5)13-9-8-10-14(11-13)21(22,23)24/h8-11,25H,12H2,1-7H3,(H,27,29). The van der Waals surface area contributed by atoms with Crippen LogP contribution in [-0.4, -0.2) is 21.8 Å². The monoisotopic (exact) mass is 442 g/mol. The lowest BCUT2D eigenvalue weighted by Crippen LogP contribution is -2.44. The number of hydrogen-bond acceptors (Lipinski definition) is 6. The van der Waals surface area contributed by atoms with Gasteiger partial charge >= 0.3 is 12.3 Å². The molecule has 10 heteroatoms. The molecule has 0 radical (unpaired) electrons. The molecule has 0 bridgehead atoms. The number of carbonyl (C=O) groups excluding carboxylic acids is 1. The lowest BCUT2D eigenvalue weighted by molar-refractivity contribution is -0.137. The van der Waals surface area contributed by atoms with Gasteiger partial charge < -0.3 is 14.6 Å². The Balaban J connectivity index is 2.06. The maximum atomic E-state index is 13.0. The zero-order valence-corrected chi connectivity index (χ0v) is 18.8. The summed E-state index contributed by atoms with van der Waals surface area (Å²) in [5.41, 5.74) is -2.65. The Morgan fingerprint density at radius 3 is 2.23 bits per heavy atom. The van der Waals surface area contributed by atoms with Gasteiger partial charge in [0, 0.05) is 5.54 Å². The van der Waals surface area contributed by atoms with Crippen molar-refractivity contribution in [1.82, 2.24) is 20.8 Å². The van der Waals surface area contributed by atoms with Crippen LogP contribution in [0.1, 0.15) is 71.3 Å². The van der Waals surface area contributed by atoms with Crippen LogP contribution in [0.5, 0.6) is 0 Å². The number of halogens is 3. The number of ether oxygens (including phenoxy) is 1. The Bertz CT molecular complexity index is 915. The minimum Gasteiger partial charge on any atom is -0.444 e. The average molecular weight is 442 g/mol. The average Bonchev–Trinajstić information content (AvgIpc) is 3.07. The molecule has 0 aliphatic heterocycles. The van der Waals surface area contributed by atoms with E-state index in [9.17, 15) is 18.0 Å². The van der Waals surface area contributed by atoms with Crippen LogP contribution in [0.4, 0.5) is 18.0 Å². The van der Waals surface area contributed by atoms with E-state index in [-0.39, 0.29) is 18.3 Å². The van der Waals surface area contributed by atoms with E-state index in [0.717, 1.165) is 12.1 Å². The number of rotatable bonds is 6. The molecule has 0 spiro atoms. The van der Waals surface area contributed by atoms with Crippen molar-refractivity contribution in [2.45, 2.75) is 77.9 Å². The maximum absolute atomic E-state index is 13.0. The molecule has 0 saturated heterocycles. The van der Waals surface area contributed by atoms with Gasteiger partial charge in [-0.25, -0.2) is 4.79 Å². The first-order chi connectivity index (χ1) is 14.0. The molecule has 1 heterocycles. The number of carbonyl (C=O) groups is 1. The SMILES string of the molecule is CC(C)(C)OC(=O)NC(C)(C)c1noc(CNC(C)(C)c2cccc(C(F)(F)F)c2)n1. The van der Waals surface area contributed by atoms with Crippen molar-refractivity contribution in [2.75, 3.05) is 0 Å². The summed E-state index contributed by atoms with van der Waals surface area (Å²) in [6, 6.07) is 5.14. The zero-order valence-electron chi connectivity index (χ0n) is 18.8. The van der Waals surface area contributed by atoms with Crippen molar-refractivity contribution >= 4 is 6.09 Å². The van der Waals surface area contributed by atoms with Crippen molar-refractivity contribution in [2.24, 2.45) is 0 Å². The van der Waals surface area contributed by atoms with Crippen LogP contribution in [-0.2, 0) is 28.5 Å². The van der Waals surface area contributed by atoms with Crippen LogP contribution in [0.25, 0.3) is 0 Å². The molecule has 2 aromatic rings. The number of alkyl carbamates (subject to hydrolysis) is 1. The summed E-state index contributed by atoms with van der Waals surface area (Å²) in [5, 5.41) is 9.73. The highest BCUT2D eigenvalue weighted by Crippen LogP contribution is 2.32. The van der Waals surface area contributed by atoms with E-state index in [1.165, 1.54) is 6.07 Å². The van der Waals surface area contributed by atoms with Gasteiger partial charge in [-0.15, -0.1) is 0 Å². The van der Waals surface area contributed by atoms with Crippen molar-refractivity contribution in [3.8, 4) is 0 Å². The Kier molecular flexibility index (Phi) is 6.75. The molecule has 2 N–H and O–H groups in total. The predicted octanol–water partition coefficient (Wildman–Crippen LogP) is 4.87. The van der Waals surface area contributed by atoms with Gasteiger partial charge in [0.05, 0.1) is 12.1 Å². The second-order valence-electron chi connectivity index (χ2n) is 9.32. The van der Waals surface area contributed by atoms with E-state index >= 15 is 0 Å². The molecule has 0 atom stereocenters. The third-order valence-corrected chi connectivity index (χ3v) is 4.43. The van der Waals surface area contributed by atoms with Crippen molar-refractivity contribution < 1.29 is 27.2 Å². The van der Waals surface area contributed by atoms with E-state index in [4.69, 9.17) is 9.26 Å². The first-order valence-corrected chi connectivity index (χ1v) is 9.77. The summed E-state index contributed by atoms with van der Waals surface area (Å²) in [6.45, 7) is 12.3. The summed E-state index contributed by atoms with van der Waals surface area (Å²) in [6.07, 6.45) is -5.03. The molecule has 1 amide bonds. The first-order valence-electron chi connectivity index (χ1n) is 9.77. The van der Waals surface area contributed by atoms with Crippen molar-refractivity contribution in [3.63, 3.8) is 0 Å². The Labute approximate surface area is 179 Å². The van der Waals surface area contributed by atoms with Gasteiger partial charge in [-0.1, -0.05) is 17.3 Å². The Hall–Kier alpha value is -2.62. The number of hydrogen-bond donors (Lipinski definition) is 2. The van der Waals surface area contributed by atoms with Crippen LogP contribution < -0.4 is 10.6 Å². The number of aromatic nitrogens is 2. The van der Waals surface area contributed by atoms with Crippen LogP contribution >= 0.6 is 0 Å². The molecule has 7 nitrogen and oxygen atoms in total. The smallest absolute Gasteiger partial charge is 0.416 e. The van der Waals surface area contributed by atoms with Gasteiger partial charge in [-0.05, 0) is 66.2 Å². The first kappa shape index (κ1) is 24.6. The number of nitrogens with one attached hydrogen (secondary N) is 2. The third kappa shape index (κ3) is 6.95. The minimum absolute atomic E-state index is 0.124. The normalized spacial score (nSPS) is 13.2. The lowest BCUT2D eigenvalue weighted by atomic mass is 9.92. The van der Waals surface area contributed by atoms with Gasteiger partial charge in [-0.2, -0.15) is 18.2 Å². The molecule has 1 aromatic carbocycles. The molecule has 172 valence electrons. The Morgan fingerprint density at radius 2 is 1.65 bits per heavy atom. The van der Waals surface area contributed by atoms with E-state index in [2.05, 4.69) is 20.8 Å². The van der Waals surface area contributed by atoms with Gasteiger partial charge in [0.15, 0.2) is 5.82 Å². The molecule has 0 saturated carbocycles. The van der Waals surface area contributed by atoms with Gasteiger partial charge in [0.1, 0.15) is 11.1 Å². The van der Waals surface area contributed by atoms with Crippen molar-refractivity contribution in [3.05, 3.63) is 47.1 Å². The number of amides is 1. The van der Waals surface area contributed by atoms with E-state index in [0.29, 0.717) is 5.56 Å². The molecule has 0 aliphatic rings. The second-order valence-corrected chi connectivity index (χ2v) is 9.32. The third-order valence-electron chi connectivity index (χ3n) is 4.43. The molecule has 0 fully saturated rings. The topological polar surface area (TPSA) is 89.3 Å². The van der Waals surface area contributed by atoms with Crippen LogP contribution in [0, 0.1) is 0 Å². The highest BCUT2D eigenvalue weighted by molar-refractivity contribution is 5.68.